The number of halogens is 1. The third-order valence-electron chi connectivity index (χ3n) is 3.61. The second-order valence-corrected chi connectivity index (χ2v) is 5.78. The molecule has 1 aliphatic heterocycles. The molecular formula is C16H24ClN3O. The lowest BCUT2D eigenvalue weighted by molar-refractivity contribution is 0.181. The summed E-state index contributed by atoms with van der Waals surface area (Å²) in [5, 5.41) is 4.11. The lowest BCUT2D eigenvalue weighted by Crippen LogP contribution is -2.41. The minimum atomic E-state index is 0.591. The number of benzene rings is 1. The van der Waals surface area contributed by atoms with Crippen molar-refractivity contribution in [3.63, 3.8) is 0 Å². The number of ether oxygens (including phenoxy) is 1. The first kappa shape index (κ1) is 16.1. The summed E-state index contributed by atoms with van der Waals surface area (Å²) in [4.78, 5) is 6.87. The third kappa shape index (κ3) is 4.90. The second-order valence-electron chi connectivity index (χ2n) is 5.37. The van der Waals surface area contributed by atoms with E-state index in [9.17, 15) is 0 Å². The molecule has 0 radical (unpaired) electrons. The van der Waals surface area contributed by atoms with Crippen molar-refractivity contribution in [3.8, 4) is 0 Å². The number of guanidine groups is 1. The summed E-state index contributed by atoms with van der Waals surface area (Å²) >= 11 is 6.18. The fourth-order valence-corrected chi connectivity index (χ4v) is 2.65. The average Bonchev–Trinajstić information content (AvgIpc) is 2.97. The lowest BCUT2D eigenvalue weighted by Gasteiger charge is -2.24. The lowest BCUT2D eigenvalue weighted by atomic mass is 10.1. The molecule has 0 aromatic heterocycles. The van der Waals surface area contributed by atoms with Crippen molar-refractivity contribution in [2.45, 2.75) is 19.9 Å². The van der Waals surface area contributed by atoms with Crippen LogP contribution in [0.3, 0.4) is 0 Å². The van der Waals surface area contributed by atoms with Crippen LogP contribution in [0.5, 0.6) is 0 Å². The zero-order valence-electron chi connectivity index (χ0n) is 12.8. The molecule has 0 aliphatic carbocycles. The van der Waals surface area contributed by atoms with Gasteiger partial charge in [0.2, 0.25) is 0 Å². The quantitative estimate of drug-likeness (QED) is 0.671. The van der Waals surface area contributed by atoms with Crippen molar-refractivity contribution in [2.24, 2.45) is 10.9 Å². The Bertz CT molecular complexity index is 472. The van der Waals surface area contributed by atoms with E-state index < -0.39 is 0 Å². The predicted molar refractivity (Wildman–Crippen MR) is 87.8 cm³/mol. The van der Waals surface area contributed by atoms with Crippen molar-refractivity contribution in [1.82, 2.24) is 10.2 Å². The van der Waals surface area contributed by atoms with Gasteiger partial charge in [0.25, 0.3) is 0 Å². The topological polar surface area (TPSA) is 36.9 Å². The smallest absolute Gasteiger partial charge is 0.193 e. The van der Waals surface area contributed by atoms with Crippen LogP contribution < -0.4 is 5.32 Å². The Labute approximate surface area is 132 Å². The van der Waals surface area contributed by atoms with E-state index in [0.29, 0.717) is 12.5 Å². The highest BCUT2D eigenvalue weighted by molar-refractivity contribution is 6.31. The molecule has 116 valence electrons. The Kier molecular flexibility index (Phi) is 6.33. The largest absolute Gasteiger partial charge is 0.381 e. The number of hydrogen-bond donors (Lipinski definition) is 1. The summed E-state index contributed by atoms with van der Waals surface area (Å²) in [6.07, 6.45) is 1.13. The van der Waals surface area contributed by atoms with Gasteiger partial charge >= 0.3 is 0 Å². The van der Waals surface area contributed by atoms with Gasteiger partial charge in [0.15, 0.2) is 5.96 Å². The molecule has 1 unspecified atom stereocenters. The van der Waals surface area contributed by atoms with Gasteiger partial charge in [-0.05, 0) is 25.0 Å². The van der Waals surface area contributed by atoms with Crippen LogP contribution >= 0.6 is 11.6 Å². The monoisotopic (exact) mass is 309 g/mol. The molecule has 0 bridgehead atoms. The van der Waals surface area contributed by atoms with E-state index in [4.69, 9.17) is 21.3 Å². The Morgan fingerprint density at radius 1 is 1.48 bits per heavy atom. The fraction of sp³-hybridized carbons (Fsp3) is 0.562. The van der Waals surface area contributed by atoms with E-state index in [2.05, 4.69) is 24.2 Å². The summed E-state index contributed by atoms with van der Waals surface area (Å²) in [6, 6.07) is 7.84. The van der Waals surface area contributed by atoms with Crippen LogP contribution in [0.1, 0.15) is 18.9 Å². The van der Waals surface area contributed by atoms with Crippen molar-refractivity contribution < 1.29 is 4.74 Å². The van der Waals surface area contributed by atoms with Crippen LogP contribution in [0, 0.1) is 5.92 Å². The first-order valence-corrected chi connectivity index (χ1v) is 7.89. The highest BCUT2D eigenvalue weighted by Crippen LogP contribution is 2.16. The highest BCUT2D eigenvalue weighted by Gasteiger charge is 2.19. The summed E-state index contributed by atoms with van der Waals surface area (Å²) < 4.78 is 5.44. The summed E-state index contributed by atoms with van der Waals surface area (Å²) in [5.74, 6) is 1.52. The Morgan fingerprint density at radius 2 is 2.29 bits per heavy atom. The van der Waals surface area contributed by atoms with Gasteiger partial charge in [-0.1, -0.05) is 29.8 Å². The van der Waals surface area contributed by atoms with E-state index in [1.54, 1.807) is 0 Å². The van der Waals surface area contributed by atoms with Crippen LogP contribution in [0.15, 0.2) is 29.3 Å². The maximum absolute atomic E-state index is 6.18. The second kappa shape index (κ2) is 8.25. The molecule has 21 heavy (non-hydrogen) atoms. The molecule has 0 saturated carbocycles. The first-order chi connectivity index (χ1) is 10.2. The van der Waals surface area contributed by atoms with E-state index in [1.165, 1.54) is 0 Å². The molecule has 5 heteroatoms. The van der Waals surface area contributed by atoms with Gasteiger partial charge in [0, 0.05) is 37.7 Å². The van der Waals surface area contributed by atoms with Crippen molar-refractivity contribution >= 4 is 17.6 Å². The highest BCUT2D eigenvalue weighted by atomic mass is 35.5. The number of aliphatic imine (C=N–C) groups is 1. The van der Waals surface area contributed by atoms with Crippen molar-refractivity contribution in [2.75, 3.05) is 33.4 Å². The molecule has 1 saturated heterocycles. The van der Waals surface area contributed by atoms with Gasteiger partial charge in [-0.15, -0.1) is 0 Å². The number of hydrogen-bond acceptors (Lipinski definition) is 2. The van der Waals surface area contributed by atoms with Crippen molar-refractivity contribution in [1.29, 1.82) is 0 Å². The van der Waals surface area contributed by atoms with E-state index >= 15 is 0 Å². The maximum atomic E-state index is 6.18. The number of nitrogens with zero attached hydrogens (tertiary/aromatic N) is 2. The van der Waals surface area contributed by atoms with Gasteiger partial charge in [-0.3, -0.25) is 0 Å². The molecule has 1 N–H and O–H groups in total. The normalized spacial score (nSPS) is 18.8. The molecule has 1 atom stereocenters. The van der Waals surface area contributed by atoms with E-state index in [1.807, 2.05) is 24.3 Å². The molecule has 2 rings (SSSR count). The molecule has 1 heterocycles. The van der Waals surface area contributed by atoms with Gasteiger partial charge in [-0.2, -0.15) is 0 Å². The number of rotatable bonds is 5. The van der Waals surface area contributed by atoms with Gasteiger partial charge in [-0.25, -0.2) is 4.99 Å². The summed E-state index contributed by atoms with van der Waals surface area (Å²) in [5.41, 5.74) is 1.05. The molecule has 1 fully saturated rings. The Balaban J connectivity index is 1.99. The fourth-order valence-electron chi connectivity index (χ4n) is 2.46. The van der Waals surface area contributed by atoms with Crippen LogP contribution in [0.2, 0.25) is 5.02 Å². The summed E-state index contributed by atoms with van der Waals surface area (Å²) in [6.45, 7) is 6.23. The van der Waals surface area contributed by atoms with Crippen LogP contribution in [-0.2, 0) is 11.3 Å². The average molecular weight is 310 g/mol. The number of nitrogens with one attached hydrogen (secondary N) is 1. The first-order valence-electron chi connectivity index (χ1n) is 7.51. The molecule has 4 nitrogen and oxygen atoms in total. The molecule has 0 amide bonds. The Hall–Kier alpha value is -1.26. The molecular weight excluding hydrogens is 286 g/mol. The minimum absolute atomic E-state index is 0.591. The standard InChI is InChI=1S/C16H24ClN3O/c1-3-18-16(20(2)11-13-8-9-21-12-13)19-10-14-6-4-5-7-15(14)17/h4-7,13H,3,8-12H2,1-2H3,(H,18,19). The Morgan fingerprint density at radius 3 is 2.95 bits per heavy atom. The zero-order chi connectivity index (χ0) is 15.1. The summed E-state index contributed by atoms with van der Waals surface area (Å²) in [7, 11) is 2.08. The molecule has 1 aliphatic rings. The predicted octanol–water partition coefficient (Wildman–Crippen LogP) is 2.77. The zero-order valence-corrected chi connectivity index (χ0v) is 13.6. The van der Waals surface area contributed by atoms with E-state index in [-0.39, 0.29) is 0 Å². The van der Waals surface area contributed by atoms with Gasteiger partial charge in [0.1, 0.15) is 0 Å². The van der Waals surface area contributed by atoms with E-state index in [0.717, 1.165) is 49.3 Å². The van der Waals surface area contributed by atoms with Crippen molar-refractivity contribution in [3.05, 3.63) is 34.9 Å². The molecule has 0 spiro atoms. The van der Waals surface area contributed by atoms with Gasteiger partial charge in [0.05, 0.1) is 13.2 Å². The molecule has 1 aromatic carbocycles. The van der Waals surface area contributed by atoms with Crippen LogP contribution in [0.4, 0.5) is 0 Å². The van der Waals surface area contributed by atoms with Crippen LogP contribution in [-0.4, -0.2) is 44.2 Å². The maximum Gasteiger partial charge on any atom is 0.193 e. The minimum Gasteiger partial charge on any atom is -0.381 e. The molecule has 1 aromatic rings. The SMILES string of the molecule is CCNC(=NCc1ccccc1Cl)N(C)CC1CCOC1. The van der Waals surface area contributed by atoms with Gasteiger partial charge < -0.3 is 15.0 Å². The van der Waals surface area contributed by atoms with Crippen LogP contribution in [0.25, 0.3) is 0 Å². The third-order valence-corrected chi connectivity index (χ3v) is 3.98.